The summed E-state index contributed by atoms with van der Waals surface area (Å²) in [6.07, 6.45) is 8.79. The number of phenolic OH excluding ortho intramolecular Hbond substituents is 2. The van der Waals surface area contributed by atoms with Gasteiger partial charge in [-0.2, -0.15) is 0 Å². The van der Waals surface area contributed by atoms with Crippen molar-refractivity contribution in [1.29, 1.82) is 0 Å². The lowest BCUT2D eigenvalue weighted by Crippen LogP contribution is -2.09. The number of phenols is 2. The van der Waals surface area contributed by atoms with Crippen LogP contribution >= 0.6 is 15.9 Å². The highest BCUT2D eigenvalue weighted by Gasteiger charge is 2.27. The Labute approximate surface area is 151 Å². The average molecular weight is 387 g/mol. The summed E-state index contributed by atoms with van der Waals surface area (Å²) in [5.41, 5.74) is 7.80. The van der Waals surface area contributed by atoms with Gasteiger partial charge in [0.25, 0.3) is 0 Å². The van der Waals surface area contributed by atoms with Gasteiger partial charge in [0.1, 0.15) is 11.5 Å². The minimum Gasteiger partial charge on any atom is -0.507 e. The smallest absolute Gasteiger partial charge is 0.138 e. The lowest BCUT2D eigenvalue weighted by atomic mass is 9.79. The average Bonchev–Trinajstić information content (AvgIpc) is 2.58. The van der Waals surface area contributed by atoms with Crippen LogP contribution in [0.3, 0.4) is 0 Å². The molecule has 0 atom stereocenters. The van der Waals surface area contributed by atoms with Crippen molar-refractivity contribution in [3.05, 3.63) is 44.4 Å². The summed E-state index contributed by atoms with van der Waals surface area (Å²) in [6, 6.07) is 4.20. The van der Waals surface area contributed by atoms with Gasteiger partial charge in [-0.05, 0) is 108 Å². The van der Waals surface area contributed by atoms with Gasteiger partial charge in [0.15, 0.2) is 0 Å². The Balaban J connectivity index is 2.07. The molecule has 126 valence electrons. The van der Waals surface area contributed by atoms with Crippen LogP contribution in [-0.4, -0.2) is 10.2 Å². The molecule has 24 heavy (non-hydrogen) atoms. The maximum atomic E-state index is 10.9. The maximum absolute atomic E-state index is 10.9. The number of fused-ring (bicyclic) bond motifs is 2. The number of aromatic hydroxyl groups is 2. The van der Waals surface area contributed by atoms with E-state index in [1.807, 2.05) is 6.92 Å². The summed E-state index contributed by atoms with van der Waals surface area (Å²) in [7, 11) is 0. The first-order chi connectivity index (χ1) is 11.6. The molecule has 0 fully saturated rings. The molecule has 0 radical (unpaired) electrons. The summed E-state index contributed by atoms with van der Waals surface area (Å²) in [5.74, 6) is 0.626. The monoisotopic (exact) mass is 386 g/mol. The Morgan fingerprint density at radius 2 is 1.25 bits per heavy atom. The van der Waals surface area contributed by atoms with E-state index in [0.29, 0.717) is 5.75 Å². The van der Waals surface area contributed by atoms with Crippen molar-refractivity contribution >= 4 is 15.9 Å². The molecule has 0 unspecified atom stereocenters. The highest BCUT2D eigenvalue weighted by molar-refractivity contribution is 9.10. The van der Waals surface area contributed by atoms with Crippen LogP contribution < -0.4 is 0 Å². The summed E-state index contributed by atoms with van der Waals surface area (Å²) in [5, 5.41) is 21.8. The van der Waals surface area contributed by atoms with E-state index in [9.17, 15) is 10.2 Å². The largest absolute Gasteiger partial charge is 0.507 e. The molecule has 0 saturated heterocycles. The Morgan fingerprint density at radius 3 is 1.88 bits per heavy atom. The predicted molar refractivity (Wildman–Crippen MR) is 101 cm³/mol. The molecule has 0 aliphatic heterocycles. The molecule has 0 saturated carbocycles. The van der Waals surface area contributed by atoms with E-state index in [1.165, 1.54) is 35.1 Å². The van der Waals surface area contributed by atoms with E-state index < -0.39 is 0 Å². The van der Waals surface area contributed by atoms with Gasteiger partial charge < -0.3 is 10.2 Å². The number of benzene rings is 2. The van der Waals surface area contributed by atoms with E-state index in [2.05, 4.69) is 28.1 Å². The second-order valence-electron chi connectivity index (χ2n) is 7.19. The van der Waals surface area contributed by atoms with Crippen LogP contribution in [0.15, 0.2) is 16.6 Å². The van der Waals surface area contributed by atoms with Crippen LogP contribution in [0, 0.1) is 6.92 Å². The molecule has 4 rings (SSSR count). The molecule has 2 aliphatic carbocycles. The molecule has 0 bridgehead atoms. The number of hydrogen-bond donors (Lipinski definition) is 2. The molecule has 0 spiro atoms. The zero-order valence-electron chi connectivity index (χ0n) is 14.1. The third-order valence-corrected chi connectivity index (χ3v) is 6.24. The maximum Gasteiger partial charge on any atom is 0.138 e. The van der Waals surface area contributed by atoms with Crippen molar-refractivity contribution in [3.8, 4) is 22.6 Å². The van der Waals surface area contributed by atoms with E-state index in [0.717, 1.165) is 59.7 Å². The van der Waals surface area contributed by atoms with Gasteiger partial charge in [-0.3, -0.25) is 0 Å². The Morgan fingerprint density at radius 1 is 0.750 bits per heavy atom. The Hall–Kier alpha value is -1.48. The number of aryl methyl sites for hydroxylation is 3. The van der Waals surface area contributed by atoms with Gasteiger partial charge in [-0.25, -0.2) is 0 Å². The highest BCUT2D eigenvalue weighted by Crippen LogP contribution is 2.49. The third-order valence-electron chi connectivity index (χ3n) is 5.64. The fourth-order valence-corrected chi connectivity index (χ4v) is 4.91. The summed E-state index contributed by atoms with van der Waals surface area (Å²) < 4.78 is 0.739. The molecule has 0 aromatic heterocycles. The fraction of sp³-hybridized carbons (Fsp3) is 0.429. The minimum atomic E-state index is 0.282. The summed E-state index contributed by atoms with van der Waals surface area (Å²) in [6.45, 7) is 1.97. The molecule has 2 aliphatic rings. The lowest BCUT2D eigenvalue weighted by Gasteiger charge is -2.27. The van der Waals surface area contributed by atoms with Crippen molar-refractivity contribution in [2.24, 2.45) is 0 Å². The van der Waals surface area contributed by atoms with E-state index in [-0.39, 0.29) is 5.75 Å². The molecule has 0 heterocycles. The zero-order valence-corrected chi connectivity index (χ0v) is 15.7. The van der Waals surface area contributed by atoms with Gasteiger partial charge in [-0.15, -0.1) is 0 Å². The predicted octanol–water partition coefficient (Wildman–Crippen LogP) is 5.59. The van der Waals surface area contributed by atoms with Crippen molar-refractivity contribution in [2.75, 3.05) is 0 Å². The van der Waals surface area contributed by atoms with Crippen molar-refractivity contribution in [2.45, 2.75) is 58.3 Å². The number of rotatable bonds is 1. The van der Waals surface area contributed by atoms with Crippen LogP contribution in [0.1, 0.15) is 53.5 Å². The molecule has 2 aromatic carbocycles. The third kappa shape index (κ3) is 2.45. The van der Waals surface area contributed by atoms with Crippen LogP contribution in [0.5, 0.6) is 11.5 Å². The number of halogens is 1. The standard InChI is InChI=1S/C21H23BrO2/c1-12-10-13-6-2-4-8-15(13)18(20(12)23)19-16-9-5-3-7-14(16)11-17(22)21(19)24/h10-11,23-24H,2-9H2,1H3. The molecule has 2 nitrogen and oxygen atoms in total. The summed E-state index contributed by atoms with van der Waals surface area (Å²) >= 11 is 3.53. The van der Waals surface area contributed by atoms with E-state index >= 15 is 0 Å². The highest BCUT2D eigenvalue weighted by atomic mass is 79.9. The molecule has 2 N–H and O–H groups in total. The van der Waals surface area contributed by atoms with Gasteiger partial charge in [0.2, 0.25) is 0 Å². The minimum absolute atomic E-state index is 0.282. The lowest BCUT2D eigenvalue weighted by molar-refractivity contribution is 0.462. The van der Waals surface area contributed by atoms with Gasteiger partial charge in [0, 0.05) is 11.1 Å². The van der Waals surface area contributed by atoms with Gasteiger partial charge in [-0.1, -0.05) is 6.07 Å². The second kappa shape index (κ2) is 6.11. The Bertz CT molecular complexity index is 754. The van der Waals surface area contributed by atoms with Crippen molar-refractivity contribution < 1.29 is 10.2 Å². The first kappa shape index (κ1) is 16.0. The van der Waals surface area contributed by atoms with E-state index in [4.69, 9.17) is 0 Å². The Kier molecular flexibility index (Phi) is 4.07. The molecule has 3 heteroatoms. The molecule has 2 aromatic rings. The fourth-order valence-electron chi connectivity index (χ4n) is 4.44. The van der Waals surface area contributed by atoms with Crippen LogP contribution in [0.2, 0.25) is 0 Å². The van der Waals surface area contributed by atoms with Gasteiger partial charge >= 0.3 is 0 Å². The zero-order chi connectivity index (χ0) is 16.8. The molecular formula is C21H23BrO2. The number of hydrogen-bond acceptors (Lipinski definition) is 2. The summed E-state index contributed by atoms with van der Waals surface area (Å²) in [4.78, 5) is 0. The SMILES string of the molecule is Cc1cc2c(c(-c3c(O)c(Br)cc4c3CCCC4)c1O)CCCC2. The second-order valence-corrected chi connectivity index (χ2v) is 8.04. The molecular weight excluding hydrogens is 364 g/mol. The van der Waals surface area contributed by atoms with Gasteiger partial charge in [0.05, 0.1) is 4.47 Å². The van der Waals surface area contributed by atoms with Crippen LogP contribution in [-0.2, 0) is 25.7 Å². The quantitative estimate of drug-likeness (QED) is 0.669. The molecule has 0 amide bonds. The van der Waals surface area contributed by atoms with E-state index in [1.54, 1.807) is 0 Å². The first-order valence-corrected chi connectivity index (χ1v) is 9.75. The van der Waals surface area contributed by atoms with Crippen molar-refractivity contribution in [3.63, 3.8) is 0 Å². The normalized spacial score (nSPS) is 16.6. The first-order valence-electron chi connectivity index (χ1n) is 8.96. The van der Waals surface area contributed by atoms with Crippen LogP contribution in [0.25, 0.3) is 11.1 Å². The van der Waals surface area contributed by atoms with Crippen LogP contribution in [0.4, 0.5) is 0 Å². The topological polar surface area (TPSA) is 40.5 Å². The van der Waals surface area contributed by atoms with Crippen molar-refractivity contribution in [1.82, 2.24) is 0 Å².